The van der Waals surface area contributed by atoms with Crippen LogP contribution in [0.2, 0.25) is 0 Å². The molecule has 1 aliphatic rings. The van der Waals surface area contributed by atoms with E-state index >= 15 is 0 Å². The monoisotopic (exact) mass is 313 g/mol. The van der Waals surface area contributed by atoms with Crippen LogP contribution in [0.4, 0.5) is 4.39 Å². The van der Waals surface area contributed by atoms with E-state index in [1.54, 1.807) is 6.07 Å². The predicted molar refractivity (Wildman–Crippen MR) is 81.6 cm³/mol. The molecule has 2 rings (SSSR count). The van der Waals surface area contributed by atoms with Gasteiger partial charge in [-0.05, 0) is 12.8 Å². The van der Waals surface area contributed by atoms with Gasteiger partial charge in [-0.25, -0.2) is 4.39 Å². The SMILES string of the molecule is CC(C)NC1CC(Oc2cc(F)cc(OCC(=O)S)c2)C1. The zero-order chi connectivity index (χ0) is 15.4. The van der Waals surface area contributed by atoms with E-state index in [1.165, 1.54) is 12.1 Å². The van der Waals surface area contributed by atoms with Crippen LogP contribution in [0.25, 0.3) is 0 Å². The van der Waals surface area contributed by atoms with Gasteiger partial charge in [0, 0.05) is 30.3 Å². The smallest absolute Gasteiger partial charge is 0.223 e. The fraction of sp³-hybridized carbons (Fsp3) is 0.533. The maximum absolute atomic E-state index is 13.5. The Morgan fingerprint density at radius 2 is 2.05 bits per heavy atom. The van der Waals surface area contributed by atoms with Crippen molar-refractivity contribution in [3.05, 3.63) is 24.0 Å². The van der Waals surface area contributed by atoms with Crippen molar-refractivity contribution in [2.45, 2.75) is 44.9 Å². The minimum Gasteiger partial charge on any atom is -0.490 e. The lowest BCUT2D eigenvalue weighted by atomic mass is 9.88. The van der Waals surface area contributed by atoms with Gasteiger partial charge in [0.15, 0.2) is 6.61 Å². The number of carbonyl (C=O) groups is 1. The molecule has 4 nitrogen and oxygen atoms in total. The van der Waals surface area contributed by atoms with Crippen LogP contribution >= 0.6 is 12.6 Å². The molecule has 0 unspecified atom stereocenters. The van der Waals surface area contributed by atoms with E-state index < -0.39 is 10.9 Å². The average molecular weight is 313 g/mol. The summed E-state index contributed by atoms with van der Waals surface area (Å²) in [4.78, 5) is 10.8. The molecule has 1 aromatic rings. The van der Waals surface area contributed by atoms with Crippen LogP contribution in [0.15, 0.2) is 18.2 Å². The van der Waals surface area contributed by atoms with Crippen LogP contribution in [-0.2, 0) is 4.79 Å². The maximum atomic E-state index is 13.5. The number of thiol groups is 1. The predicted octanol–water partition coefficient (Wildman–Crippen LogP) is 2.57. The van der Waals surface area contributed by atoms with Crippen LogP contribution in [0.1, 0.15) is 26.7 Å². The average Bonchev–Trinajstić information content (AvgIpc) is 2.32. The Bertz CT molecular complexity index is 504. The van der Waals surface area contributed by atoms with E-state index in [0.29, 0.717) is 17.8 Å². The number of hydrogen-bond donors (Lipinski definition) is 2. The first-order valence-corrected chi connectivity index (χ1v) is 7.45. The van der Waals surface area contributed by atoms with E-state index in [0.717, 1.165) is 12.8 Å². The summed E-state index contributed by atoms with van der Waals surface area (Å²) in [5.74, 6) is 0.235. The molecule has 0 aliphatic heterocycles. The maximum Gasteiger partial charge on any atom is 0.223 e. The first-order valence-electron chi connectivity index (χ1n) is 7.00. The van der Waals surface area contributed by atoms with Crippen molar-refractivity contribution in [3.63, 3.8) is 0 Å². The van der Waals surface area contributed by atoms with E-state index in [2.05, 4.69) is 31.8 Å². The molecule has 0 heterocycles. The number of nitrogens with one attached hydrogen (secondary N) is 1. The van der Waals surface area contributed by atoms with Gasteiger partial charge in [0.25, 0.3) is 0 Å². The molecule has 0 radical (unpaired) electrons. The fourth-order valence-electron chi connectivity index (χ4n) is 2.30. The molecule has 1 fully saturated rings. The highest BCUT2D eigenvalue weighted by Crippen LogP contribution is 2.29. The van der Waals surface area contributed by atoms with Gasteiger partial charge >= 0.3 is 0 Å². The molecule has 0 bridgehead atoms. The van der Waals surface area contributed by atoms with Crippen molar-refractivity contribution in [3.8, 4) is 11.5 Å². The van der Waals surface area contributed by atoms with Gasteiger partial charge in [0.1, 0.15) is 23.4 Å². The number of benzene rings is 1. The van der Waals surface area contributed by atoms with Crippen LogP contribution in [0, 0.1) is 5.82 Å². The van der Waals surface area contributed by atoms with Gasteiger partial charge in [-0.2, -0.15) is 0 Å². The Labute approximate surface area is 129 Å². The first kappa shape index (κ1) is 16.1. The Morgan fingerprint density at radius 1 is 1.38 bits per heavy atom. The lowest BCUT2D eigenvalue weighted by molar-refractivity contribution is -0.112. The van der Waals surface area contributed by atoms with Crippen LogP contribution in [0.5, 0.6) is 11.5 Å². The minimum atomic E-state index is -0.453. The summed E-state index contributed by atoms with van der Waals surface area (Å²) in [6.07, 6.45) is 1.89. The summed E-state index contributed by atoms with van der Waals surface area (Å²) in [7, 11) is 0. The van der Waals surface area contributed by atoms with Crippen molar-refractivity contribution in [1.29, 1.82) is 0 Å². The molecule has 1 N–H and O–H groups in total. The van der Waals surface area contributed by atoms with E-state index in [4.69, 9.17) is 9.47 Å². The highest BCUT2D eigenvalue weighted by Gasteiger charge is 2.31. The normalized spacial score (nSPS) is 21.0. The molecule has 0 amide bonds. The molecule has 1 aromatic carbocycles. The topological polar surface area (TPSA) is 47.6 Å². The number of hydrogen-bond acceptors (Lipinski definition) is 4. The van der Waals surface area contributed by atoms with Crippen molar-refractivity contribution in [2.24, 2.45) is 0 Å². The van der Waals surface area contributed by atoms with Gasteiger partial charge in [0.05, 0.1) is 0 Å². The third-order valence-electron chi connectivity index (χ3n) is 3.17. The molecule has 0 aromatic heterocycles. The van der Waals surface area contributed by atoms with Crippen molar-refractivity contribution >= 4 is 17.7 Å². The molecule has 1 aliphatic carbocycles. The fourth-order valence-corrected chi connectivity index (χ4v) is 2.36. The van der Waals surface area contributed by atoms with Crippen LogP contribution in [0.3, 0.4) is 0 Å². The zero-order valence-electron chi connectivity index (χ0n) is 12.1. The lowest BCUT2D eigenvalue weighted by Gasteiger charge is -2.37. The molecule has 0 saturated heterocycles. The summed E-state index contributed by atoms with van der Waals surface area (Å²) in [6, 6.07) is 5.03. The summed E-state index contributed by atoms with van der Waals surface area (Å²) >= 11 is 3.60. The highest BCUT2D eigenvalue weighted by molar-refractivity contribution is 7.96. The zero-order valence-corrected chi connectivity index (χ0v) is 13.0. The molecule has 0 spiro atoms. The van der Waals surface area contributed by atoms with Crippen molar-refractivity contribution in [2.75, 3.05) is 6.61 Å². The van der Waals surface area contributed by atoms with Gasteiger partial charge in [0.2, 0.25) is 5.12 Å². The lowest BCUT2D eigenvalue weighted by Crippen LogP contribution is -2.49. The molecule has 1 saturated carbocycles. The molecule has 21 heavy (non-hydrogen) atoms. The summed E-state index contributed by atoms with van der Waals surface area (Å²) in [6.45, 7) is 4.01. The first-order chi connectivity index (χ1) is 9.92. The summed E-state index contributed by atoms with van der Waals surface area (Å²) in [5, 5.41) is 3.01. The van der Waals surface area contributed by atoms with E-state index in [9.17, 15) is 9.18 Å². The second-order valence-electron chi connectivity index (χ2n) is 5.53. The number of carbonyl (C=O) groups excluding carboxylic acids is 1. The van der Waals surface area contributed by atoms with Gasteiger partial charge < -0.3 is 14.8 Å². The summed E-state index contributed by atoms with van der Waals surface area (Å²) in [5.41, 5.74) is 0. The second kappa shape index (κ2) is 7.13. The number of rotatable bonds is 7. The molecule has 116 valence electrons. The standard InChI is InChI=1S/C15H20FNO3S/c1-9(2)17-11-5-14(6-11)20-13-4-10(16)3-12(7-13)19-8-15(18)21/h3-4,7,9,11,14,17H,5-6,8H2,1-2H3,(H,18,21). The third-order valence-corrected chi connectivity index (χ3v) is 3.30. The van der Waals surface area contributed by atoms with Crippen molar-refractivity contribution < 1.29 is 18.7 Å². The quantitative estimate of drug-likeness (QED) is 0.760. The van der Waals surface area contributed by atoms with Crippen LogP contribution < -0.4 is 14.8 Å². The summed E-state index contributed by atoms with van der Waals surface area (Å²) < 4.78 is 24.4. The third kappa shape index (κ3) is 5.21. The van der Waals surface area contributed by atoms with E-state index in [-0.39, 0.29) is 18.5 Å². The Balaban J connectivity index is 1.87. The molecular formula is C15H20FNO3S. The molecule has 0 atom stereocenters. The van der Waals surface area contributed by atoms with Gasteiger partial charge in [-0.3, -0.25) is 4.79 Å². The van der Waals surface area contributed by atoms with Crippen molar-refractivity contribution in [1.82, 2.24) is 5.32 Å². The Morgan fingerprint density at radius 3 is 2.67 bits per heavy atom. The largest absolute Gasteiger partial charge is 0.490 e. The number of ether oxygens (including phenoxy) is 2. The Kier molecular flexibility index (Phi) is 5.47. The van der Waals surface area contributed by atoms with Crippen LogP contribution in [-0.4, -0.2) is 29.9 Å². The number of halogens is 1. The molecule has 6 heteroatoms. The van der Waals surface area contributed by atoms with E-state index in [1.807, 2.05) is 0 Å². The molecular weight excluding hydrogens is 293 g/mol. The minimum absolute atomic E-state index is 0.0856. The van der Waals surface area contributed by atoms with Gasteiger partial charge in [-0.15, -0.1) is 12.6 Å². The van der Waals surface area contributed by atoms with Gasteiger partial charge in [-0.1, -0.05) is 13.8 Å². The second-order valence-corrected chi connectivity index (χ2v) is 6.03. The highest BCUT2D eigenvalue weighted by atomic mass is 32.1. The Hall–Kier alpha value is -1.27.